The number of carboxylic acid groups (broad SMARTS) is 1. The molecule has 0 saturated heterocycles. The Labute approximate surface area is 91.7 Å². The van der Waals surface area contributed by atoms with Crippen molar-refractivity contribution in [3.05, 3.63) is 23.8 Å². The van der Waals surface area contributed by atoms with Crippen LogP contribution in [-0.4, -0.2) is 11.1 Å². The number of allylic oxidation sites excluding steroid dienone is 3. The topological polar surface area (TPSA) is 37.3 Å². The molecule has 0 aromatic rings. The number of carboxylic acids is 1. The molecule has 84 valence electrons. The van der Waals surface area contributed by atoms with Crippen molar-refractivity contribution in [3.8, 4) is 0 Å². The van der Waals surface area contributed by atoms with Gasteiger partial charge in [0.15, 0.2) is 0 Å². The Bertz CT molecular complexity index is 251. The molecule has 0 saturated carbocycles. The average Bonchev–Trinajstić information content (AvgIpc) is 2.18. The lowest BCUT2D eigenvalue weighted by Crippen LogP contribution is -2.00. The summed E-state index contributed by atoms with van der Waals surface area (Å²) < 4.78 is 0. The van der Waals surface area contributed by atoms with E-state index in [1.807, 2.05) is 6.08 Å². The van der Waals surface area contributed by atoms with Crippen molar-refractivity contribution in [2.45, 2.75) is 51.4 Å². The Hall–Kier alpha value is -1.05. The Morgan fingerprint density at radius 1 is 1.07 bits per heavy atom. The summed E-state index contributed by atoms with van der Waals surface area (Å²) in [5.41, 5.74) is 0.548. The van der Waals surface area contributed by atoms with Gasteiger partial charge < -0.3 is 5.11 Å². The summed E-state index contributed by atoms with van der Waals surface area (Å²) in [6.07, 6.45) is 14.7. The molecule has 0 unspecified atom stereocenters. The minimum atomic E-state index is -0.767. The predicted molar refractivity (Wildman–Crippen MR) is 61.8 cm³/mol. The van der Waals surface area contributed by atoms with Crippen LogP contribution in [0.4, 0.5) is 0 Å². The van der Waals surface area contributed by atoms with Crippen molar-refractivity contribution >= 4 is 5.97 Å². The highest BCUT2D eigenvalue weighted by Crippen LogP contribution is 2.14. The van der Waals surface area contributed by atoms with Gasteiger partial charge in [-0.25, -0.2) is 4.79 Å². The average molecular weight is 208 g/mol. The minimum Gasteiger partial charge on any atom is -0.478 e. The highest BCUT2D eigenvalue weighted by molar-refractivity contribution is 5.86. The molecule has 0 fully saturated rings. The lowest BCUT2D eigenvalue weighted by Gasteiger charge is -2.03. The second-order valence-electron chi connectivity index (χ2n) is 4.09. The fourth-order valence-corrected chi connectivity index (χ4v) is 1.83. The normalized spacial score (nSPS) is 25.5. The third-order valence-electron chi connectivity index (χ3n) is 2.78. The van der Waals surface area contributed by atoms with Crippen LogP contribution in [0.2, 0.25) is 0 Å². The van der Waals surface area contributed by atoms with E-state index in [2.05, 4.69) is 6.08 Å². The molecule has 0 heterocycles. The van der Waals surface area contributed by atoms with Gasteiger partial charge in [-0.05, 0) is 25.7 Å². The second-order valence-corrected chi connectivity index (χ2v) is 4.09. The summed E-state index contributed by atoms with van der Waals surface area (Å²) in [5.74, 6) is -0.767. The highest BCUT2D eigenvalue weighted by Gasteiger charge is 2.05. The lowest BCUT2D eigenvalue weighted by molar-refractivity contribution is -0.132. The number of rotatable bonds is 1. The molecule has 0 atom stereocenters. The van der Waals surface area contributed by atoms with Gasteiger partial charge in [0, 0.05) is 5.57 Å². The first-order valence-electron chi connectivity index (χ1n) is 5.89. The van der Waals surface area contributed by atoms with Crippen LogP contribution >= 0.6 is 0 Å². The predicted octanol–water partition coefficient (Wildman–Crippen LogP) is 3.69. The van der Waals surface area contributed by atoms with E-state index in [9.17, 15) is 4.79 Å². The third-order valence-corrected chi connectivity index (χ3v) is 2.78. The number of aliphatic carboxylic acids is 1. The molecule has 0 aromatic carbocycles. The first-order chi connectivity index (χ1) is 7.30. The second kappa shape index (κ2) is 7.27. The van der Waals surface area contributed by atoms with E-state index in [0.29, 0.717) is 12.0 Å². The van der Waals surface area contributed by atoms with Crippen LogP contribution in [0.5, 0.6) is 0 Å². The quantitative estimate of drug-likeness (QED) is 0.713. The molecule has 0 spiro atoms. The minimum absolute atomic E-state index is 0.548. The van der Waals surface area contributed by atoms with Crippen LogP contribution in [0.1, 0.15) is 51.4 Å². The third kappa shape index (κ3) is 5.40. The number of carbonyl (C=O) groups is 1. The maximum absolute atomic E-state index is 10.9. The monoisotopic (exact) mass is 208 g/mol. The fourth-order valence-electron chi connectivity index (χ4n) is 1.83. The molecule has 1 aliphatic rings. The smallest absolute Gasteiger partial charge is 0.331 e. The van der Waals surface area contributed by atoms with Gasteiger partial charge in [0.1, 0.15) is 0 Å². The van der Waals surface area contributed by atoms with Gasteiger partial charge in [0.25, 0.3) is 0 Å². The summed E-state index contributed by atoms with van der Waals surface area (Å²) in [7, 11) is 0. The van der Waals surface area contributed by atoms with Gasteiger partial charge >= 0.3 is 5.97 Å². The van der Waals surface area contributed by atoms with Gasteiger partial charge in [0.05, 0.1) is 0 Å². The van der Waals surface area contributed by atoms with Crippen molar-refractivity contribution in [1.29, 1.82) is 0 Å². The Morgan fingerprint density at radius 2 is 1.73 bits per heavy atom. The van der Waals surface area contributed by atoms with Gasteiger partial charge in [-0.2, -0.15) is 0 Å². The van der Waals surface area contributed by atoms with E-state index in [-0.39, 0.29) is 0 Å². The number of hydrogen-bond donors (Lipinski definition) is 1. The molecule has 2 nitrogen and oxygen atoms in total. The van der Waals surface area contributed by atoms with E-state index >= 15 is 0 Å². The zero-order valence-corrected chi connectivity index (χ0v) is 9.24. The SMILES string of the molecule is O=C(O)/C1=C\C=C/CCCCCCCC1. The first kappa shape index (κ1) is 12.0. The van der Waals surface area contributed by atoms with Crippen molar-refractivity contribution < 1.29 is 9.90 Å². The molecule has 0 radical (unpaired) electrons. The molecular weight excluding hydrogens is 188 g/mol. The molecule has 1 aliphatic carbocycles. The van der Waals surface area contributed by atoms with Gasteiger partial charge in [0.2, 0.25) is 0 Å². The van der Waals surface area contributed by atoms with Crippen LogP contribution in [0.3, 0.4) is 0 Å². The molecule has 2 heteroatoms. The van der Waals surface area contributed by atoms with Crippen molar-refractivity contribution in [2.75, 3.05) is 0 Å². The number of hydrogen-bond acceptors (Lipinski definition) is 1. The highest BCUT2D eigenvalue weighted by atomic mass is 16.4. The maximum Gasteiger partial charge on any atom is 0.331 e. The molecule has 0 bridgehead atoms. The maximum atomic E-state index is 10.9. The summed E-state index contributed by atoms with van der Waals surface area (Å²) >= 11 is 0. The Balaban J connectivity index is 2.54. The molecular formula is C13H20O2. The van der Waals surface area contributed by atoms with Crippen LogP contribution in [0.15, 0.2) is 23.8 Å². The Kier molecular flexibility index (Phi) is 5.83. The lowest BCUT2D eigenvalue weighted by atomic mass is 10.0. The summed E-state index contributed by atoms with van der Waals surface area (Å²) in [6, 6.07) is 0. The van der Waals surface area contributed by atoms with Crippen molar-refractivity contribution in [2.24, 2.45) is 0 Å². The summed E-state index contributed by atoms with van der Waals surface area (Å²) in [5, 5.41) is 8.94. The molecule has 0 amide bonds. The van der Waals surface area contributed by atoms with Crippen molar-refractivity contribution in [1.82, 2.24) is 0 Å². The zero-order chi connectivity index (χ0) is 10.9. The standard InChI is InChI=1S/C13H20O2/c14-13(15)12-10-8-6-4-2-1-3-5-7-9-11-12/h6,8,10H,1-5,7,9,11H2,(H,14,15)/b8-6-,12-10-. The van der Waals surface area contributed by atoms with Crippen LogP contribution in [0.25, 0.3) is 0 Å². The van der Waals surface area contributed by atoms with E-state index < -0.39 is 5.97 Å². The van der Waals surface area contributed by atoms with E-state index in [1.165, 1.54) is 25.7 Å². The van der Waals surface area contributed by atoms with Crippen molar-refractivity contribution in [3.63, 3.8) is 0 Å². The van der Waals surface area contributed by atoms with E-state index in [0.717, 1.165) is 19.3 Å². The van der Waals surface area contributed by atoms with Crippen LogP contribution < -0.4 is 0 Å². The van der Waals surface area contributed by atoms with E-state index in [4.69, 9.17) is 5.11 Å². The molecule has 15 heavy (non-hydrogen) atoms. The van der Waals surface area contributed by atoms with Gasteiger partial charge in [-0.3, -0.25) is 0 Å². The largest absolute Gasteiger partial charge is 0.478 e. The van der Waals surface area contributed by atoms with Crippen LogP contribution in [0, 0.1) is 0 Å². The fraction of sp³-hybridized carbons (Fsp3) is 0.615. The zero-order valence-electron chi connectivity index (χ0n) is 9.24. The summed E-state index contributed by atoms with van der Waals surface area (Å²) in [4.78, 5) is 10.9. The molecule has 1 N–H and O–H groups in total. The van der Waals surface area contributed by atoms with Gasteiger partial charge in [-0.1, -0.05) is 43.9 Å². The molecule has 0 aliphatic heterocycles. The molecule has 0 aromatic heterocycles. The molecule has 1 rings (SSSR count). The van der Waals surface area contributed by atoms with E-state index in [1.54, 1.807) is 6.08 Å². The Morgan fingerprint density at radius 3 is 2.47 bits per heavy atom. The van der Waals surface area contributed by atoms with Crippen LogP contribution in [-0.2, 0) is 4.79 Å². The summed E-state index contributed by atoms with van der Waals surface area (Å²) in [6.45, 7) is 0. The van der Waals surface area contributed by atoms with Gasteiger partial charge in [-0.15, -0.1) is 0 Å². The first-order valence-corrected chi connectivity index (χ1v) is 5.89.